The van der Waals surface area contributed by atoms with Crippen LogP contribution in [0.2, 0.25) is 4.47 Å². The summed E-state index contributed by atoms with van der Waals surface area (Å²) in [5.41, 5.74) is -0.435. The predicted molar refractivity (Wildman–Crippen MR) is 76.7 cm³/mol. The Bertz CT molecular complexity index is 782. The molecule has 9 heteroatoms. The van der Waals surface area contributed by atoms with Gasteiger partial charge in [0.25, 0.3) is 0 Å². The number of nitrogens with zero attached hydrogens (tertiary/aromatic N) is 4. The Hall–Kier alpha value is -1.93. The first-order valence-electron chi connectivity index (χ1n) is 6.08. The van der Waals surface area contributed by atoms with Gasteiger partial charge in [0.2, 0.25) is 0 Å². The van der Waals surface area contributed by atoms with Crippen LogP contribution in [0, 0.1) is 0 Å². The summed E-state index contributed by atoms with van der Waals surface area (Å²) in [6.45, 7) is 0.206. The van der Waals surface area contributed by atoms with E-state index in [1.54, 1.807) is 18.3 Å². The summed E-state index contributed by atoms with van der Waals surface area (Å²) in [4.78, 5) is 12.2. The van der Waals surface area contributed by atoms with Crippen molar-refractivity contribution in [3.05, 3.63) is 52.0 Å². The van der Waals surface area contributed by atoms with Gasteiger partial charge in [0.1, 0.15) is 5.82 Å². The van der Waals surface area contributed by atoms with Crippen LogP contribution in [-0.4, -0.2) is 19.5 Å². The number of rotatable bonds is 3. The van der Waals surface area contributed by atoms with Gasteiger partial charge in [0.15, 0.2) is 10.2 Å². The standard InChI is InChI=1S/C13H8ClF3N4S/c14-12-19-5-9(22-12)6-21-7-10(13(15,16)17)20-11(21)8-2-1-3-18-4-8/h1-5,7H,6H2. The topological polar surface area (TPSA) is 43.6 Å². The SMILES string of the molecule is FC(F)(F)c1cn(Cc2cnc(Cl)s2)c(-c2cccnc2)n1. The molecule has 3 aromatic heterocycles. The largest absolute Gasteiger partial charge is 0.434 e. The number of thiazole rings is 1. The highest BCUT2D eigenvalue weighted by molar-refractivity contribution is 7.15. The van der Waals surface area contributed by atoms with E-state index >= 15 is 0 Å². The van der Waals surface area contributed by atoms with Crippen LogP contribution in [0.15, 0.2) is 36.9 Å². The first-order chi connectivity index (χ1) is 10.4. The van der Waals surface area contributed by atoms with Crippen molar-refractivity contribution in [2.24, 2.45) is 0 Å². The number of hydrogen-bond donors (Lipinski definition) is 0. The summed E-state index contributed by atoms with van der Waals surface area (Å²) in [7, 11) is 0. The van der Waals surface area contributed by atoms with Crippen LogP contribution in [0.3, 0.4) is 0 Å². The molecule has 0 N–H and O–H groups in total. The van der Waals surface area contributed by atoms with Gasteiger partial charge < -0.3 is 4.57 Å². The van der Waals surface area contributed by atoms with Gasteiger partial charge in [0, 0.05) is 35.2 Å². The summed E-state index contributed by atoms with van der Waals surface area (Å²) in [6.07, 6.45) is 1.03. The quantitative estimate of drug-likeness (QED) is 0.717. The van der Waals surface area contributed by atoms with Crippen molar-refractivity contribution in [3.63, 3.8) is 0 Å². The third-order valence-corrected chi connectivity index (χ3v) is 3.94. The zero-order valence-electron chi connectivity index (χ0n) is 10.9. The second-order valence-corrected chi connectivity index (χ2v) is 6.09. The van der Waals surface area contributed by atoms with Crippen molar-refractivity contribution in [1.29, 1.82) is 0 Å². The molecule has 0 radical (unpaired) electrons. The number of hydrogen-bond acceptors (Lipinski definition) is 4. The lowest BCUT2D eigenvalue weighted by Gasteiger charge is -2.05. The number of pyridine rings is 1. The van der Waals surface area contributed by atoms with Gasteiger partial charge in [-0.05, 0) is 12.1 Å². The molecular weight excluding hydrogens is 337 g/mol. The van der Waals surface area contributed by atoms with Crippen LogP contribution in [0.5, 0.6) is 0 Å². The number of aromatic nitrogens is 4. The molecule has 0 spiro atoms. The van der Waals surface area contributed by atoms with E-state index in [1.807, 2.05) is 0 Å². The molecule has 0 fully saturated rings. The molecule has 3 aromatic rings. The first kappa shape index (κ1) is 15.0. The number of imidazole rings is 1. The highest BCUT2D eigenvalue weighted by Crippen LogP contribution is 2.31. The Kier molecular flexibility index (Phi) is 3.88. The van der Waals surface area contributed by atoms with E-state index in [0.717, 1.165) is 11.1 Å². The minimum absolute atomic E-state index is 0.199. The molecule has 0 atom stereocenters. The summed E-state index contributed by atoms with van der Waals surface area (Å²) in [5, 5.41) is 0. The fourth-order valence-electron chi connectivity index (χ4n) is 1.92. The highest BCUT2D eigenvalue weighted by Gasteiger charge is 2.35. The maximum absolute atomic E-state index is 12.9. The van der Waals surface area contributed by atoms with Crippen LogP contribution in [-0.2, 0) is 12.7 Å². The fraction of sp³-hybridized carbons (Fsp3) is 0.154. The zero-order chi connectivity index (χ0) is 15.7. The lowest BCUT2D eigenvalue weighted by atomic mass is 10.2. The Labute approximate surface area is 132 Å². The molecule has 114 valence electrons. The van der Waals surface area contributed by atoms with E-state index in [9.17, 15) is 13.2 Å². The second-order valence-electron chi connectivity index (χ2n) is 4.40. The molecule has 4 nitrogen and oxygen atoms in total. The van der Waals surface area contributed by atoms with E-state index < -0.39 is 11.9 Å². The van der Waals surface area contributed by atoms with Crippen LogP contribution in [0.1, 0.15) is 10.6 Å². The third kappa shape index (κ3) is 3.12. The lowest BCUT2D eigenvalue weighted by Crippen LogP contribution is -2.05. The van der Waals surface area contributed by atoms with Crippen LogP contribution in [0.25, 0.3) is 11.4 Å². The van der Waals surface area contributed by atoms with E-state index in [2.05, 4.69) is 15.0 Å². The molecule has 0 saturated carbocycles. The normalized spacial score (nSPS) is 11.8. The molecule has 0 saturated heterocycles. The maximum Gasteiger partial charge on any atom is 0.434 e. The first-order valence-corrected chi connectivity index (χ1v) is 7.28. The van der Waals surface area contributed by atoms with E-state index in [0.29, 0.717) is 10.0 Å². The molecule has 0 aliphatic carbocycles. The van der Waals surface area contributed by atoms with Gasteiger partial charge in [-0.1, -0.05) is 11.6 Å². The van der Waals surface area contributed by atoms with E-state index in [-0.39, 0.29) is 12.4 Å². The van der Waals surface area contributed by atoms with Crippen molar-refractivity contribution < 1.29 is 13.2 Å². The smallest absolute Gasteiger partial charge is 0.325 e. The third-order valence-electron chi connectivity index (χ3n) is 2.84. The summed E-state index contributed by atoms with van der Waals surface area (Å²) in [6, 6.07) is 3.30. The number of alkyl halides is 3. The van der Waals surface area contributed by atoms with Gasteiger partial charge in [0.05, 0.1) is 6.54 Å². The molecular formula is C13H8ClF3N4S. The minimum Gasteiger partial charge on any atom is -0.325 e. The van der Waals surface area contributed by atoms with Crippen LogP contribution >= 0.6 is 22.9 Å². The molecule has 0 unspecified atom stereocenters. The monoisotopic (exact) mass is 344 g/mol. The Morgan fingerprint density at radius 3 is 2.68 bits per heavy atom. The van der Waals surface area contributed by atoms with Gasteiger partial charge in [-0.3, -0.25) is 4.98 Å². The summed E-state index contributed by atoms with van der Waals surface area (Å²) < 4.78 is 40.5. The van der Waals surface area contributed by atoms with Crippen molar-refractivity contribution in [2.45, 2.75) is 12.7 Å². The summed E-state index contributed by atoms with van der Waals surface area (Å²) >= 11 is 6.97. The molecule has 3 rings (SSSR count). The van der Waals surface area contributed by atoms with Crippen LogP contribution in [0.4, 0.5) is 13.2 Å². The van der Waals surface area contributed by atoms with Gasteiger partial charge >= 0.3 is 6.18 Å². The minimum atomic E-state index is -4.51. The molecule has 0 aliphatic rings. The predicted octanol–water partition coefficient (Wildman–Crippen LogP) is 4.12. The van der Waals surface area contributed by atoms with Crippen molar-refractivity contribution >= 4 is 22.9 Å². The van der Waals surface area contributed by atoms with Gasteiger partial charge in [-0.15, -0.1) is 11.3 Å². The fourth-order valence-corrected chi connectivity index (χ4v) is 2.90. The summed E-state index contributed by atoms with van der Waals surface area (Å²) in [5.74, 6) is 0.199. The zero-order valence-corrected chi connectivity index (χ0v) is 12.5. The van der Waals surface area contributed by atoms with E-state index in [1.165, 1.54) is 28.3 Å². The van der Waals surface area contributed by atoms with Crippen LogP contribution < -0.4 is 0 Å². The average Bonchev–Trinajstić information content (AvgIpc) is 3.06. The average molecular weight is 345 g/mol. The molecule has 0 bridgehead atoms. The van der Waals surface area contributed by atoms with Gasteiger partial charge in [-0.2, -0.15) is 13.2 Å². The molecule has 3 heterocycles. The molecule has 0 aromatic carbocycles. The number of halogens is 4. The van der Waals surface area contributed by atoms with Crippen molar-refractivity contribution in [2.75, 3.05) is 0 Å². The van der Waals surface area contributed by atoms with Crippen molar-refractivity contribution in [3.8, 4) is 11.4 Å². The molecule has 22 heavy (non-hydrogen) atoms. The van der Waals surface area contributed by atoms with E-state index in [4.69, 9.17) is 11.6 Å². The van der Waals surface area contributed by atoms with Crippen molar-refractivity contribution in [1.82, 2.24) is 19.5 Å². The molecule has 0 aliphatic heterocycles. The Morgan fingerprint density at radius 2 is 2.09 bits per heavy atom. The Balaban J connectivity index is 2.05. The van der Waals surface area contributed by atoms with Gasteiger partial charge in [-0.25, -0.2) is 9.97 Å². The maximum atomic E-state index is 12.9. The Morgan fingerprint density at radius 1 is 1.27 bits per heavy atom. The highest BCUT2D eigenvalue weighted by atomic mass is 35.5. The lowest BCUT2D eigenvalue weighted by molar-refractivity contribution is -0.140. The molecule has 0 amide bonds. The second kappa shape index (κ2) is 5.69.